The molecule has 1 rings (SSSR count). The Bertz CT molecular complexity index is 366. The lowest BCUT2D eigenvalue weighted by Gasteiger charge is -2.08. The number of hydrogen-bond donors (Lipinski definition) is 0. The molecule has 1 aromatic rings. The maximum absolute atomic E-state index is 11.3. The van der Waals surface area contributed by atoms with Crippen molar-refractivity contribution in [2.75, 3.05) is 0 Å². The van der Waals surface area contributed by atoms with Crippen molar-refractivity contribution in [3.05, 3.63) is 28.2 Å². The first-order chi connectivity index (χ1) is 7.04. The van der Waals surface area contributed by atoms with Crippen LogP contribution in [-0.4, -0.2) is 11.3 Å². The van der Waals surface area contributed by atoms with E-state index in [2.05, 4.69) is 0 Å². The third kappa shape index (κ3) is 3.56. The van der Waals surface area contributed by atoms with Crippen molar-refractivity contribution in [1.29, 1.82) is 0 Å². The summed E-state index contributed by atoms with van der Waals surface area (Å²) in [6, 6.07) is 4.62. The zero-order valence-electron chi connectivity index (χ0n) is 7.97. The Morgan fingerprint density at radius 1 is 1.47 bits per heavy atom. The van der Waals surface area contributed by atoms with Crippen LogP contribution in [0.3, 0.4) is 0 Å². The van der Waals surface area contributed by atoms with Gasteiger partial charge in [0.2, 0.25) is 0 Å². The van der Waals surface area contributed by atoms with E-state index in [1.807, 2.05) is 0 Å². The molecule has 0 bridgehead atoms. The first kappa shape index (κ1) is 12.6. The summed E-state index contributed by atoms with van der Waals surface area (Å²) in [6.07, 6.45) is 0.506. The first-order valence-electron chi connectivity index (χ1n) is 4.35. The Labute approximate surface area is 103 Å². The zero-order valence-corrected chi connectivity index (χ0v) is 10.2. The normalized spacial score (nSPS) is 12.3. The number of esters is 1. The van der Waals surface area contributed by atoms with E-state index in [0.717, 1.165) is 0 Å². The Kier molecular flexibility index (Phi) is 4.71. The van der Waals surface area contributed by atoms with Crippen LogP contribution < -0.4 is 4.74 Å². The maximum Gasteiger partial charge on any atom is 0.329 e. The molecule has 0 radical (unpaired) electrons. The molecule has 5 heteroatoms. The van der Waals surface area contributed by atoms with E-state index < -0.39 is 11.3 Å². The molecule has 0 N–H and O–H groups in total. The minimum absolute atomic E-state index is 0.269. The predicted molar refractivity (Wildman–Crippen MR) is 62.0 cm³/mol. The summed E-state index contributed by atoms with van der Waals surface area (Å²) in [6.45, 7) is 1.79. The number of benzene rings is 1. The number of ether oxygens (including phenoxy) is 1. The number of carbonyl (C=O) groups excluding carboxylic acids is 1. The van der Waals surface area contributed by atoms with Crippen molar-refractivity contribution >= 4 is 40.8 Å². The fraction of sp³-hybridized carbons (Fsp3) is 0.300. The van der Waals surface area contributed by atoms with Crippen molar-refractivity contribution in [1.82, 2.24) is 0 Å². The van der Waals surface area contributed by atoms with Crippen LogP contribution in [0.15, 0.2) is 18.2 Å². The molecule has 1 aromatic carbocycles. The second-order valence-electron chi connectivity index (χ2n) is 2.87. The van der Waals surface area contributed by atoms with Crippen molar-refractivity contribution in [2.45, 2.75) is 18.7 Å². The largest absolute Gasteiger partial charge is 0.424 e. The van der Waals surface area contributed by atoms with Gasteiger partial charge >= 0.3 is 5.97 Å². The average molecular weight is 268 g/mol. The van der Waals surface area contributed by atoms with Crippen LogP contribution in [0.5, 0.6) is 5.75 Å². The van der Waals surface area contributed by atoms with E-state index in [1.165, 1.54) is 12.1 Å². The summed E-state index contributed by atoms with van der Waals surface area (Å²) in [5.74, 6) is -0.242. The Morgan fingerprint density at radius 3 is 2.67 bits per heavy atom. The van der Waals surface area contributed by atoms with Crippen molar-refractivity contribution in [2.24, 2.45) is 0 Å². The molecule has 0 saturated heterocycles. The molecule has 1 atom stereocenters. The summed E-state index contributed by atoms with van der Waals surface area (Å²) in [7, 11) is 0. The first-order valence-corrected chi connectivity index (χ1v) is 5.54. The molecule has 1 unspecified atom stereocenters. The molecule has 0 fully saturated rings. The number of alkyl halides is 1. The molecule has 0 aliphatic heterocycles. The molecular weight excluding hydrogens is 258 g/mol. The Hall–Kier alpha value is -0.440. The van der Waals surface area contributed by atoms with Gasteiger partial charge in [-0.3, -0.25) is 4.79 Å². The number of halogens is 3. The fourth-order valence-electron chi connectivity index (χ4n) is 0.897. The van der Waals surface area contributed by atoms with Crippen LogP contribution in [0, 0.1) is 0 Å². The molecule has 2 nitrogen and oxygen atoms in total. The summed E-state index contributed by atoms with van der Waals surface area (Å²) in [5, 5.41) is 0.116. The minimum Gasteiger partial charge on any atom is -0.424 e. The monoisotopic (exact) mass is 266 g/mol. The molecule has 0 spiro atoms. The quantitative estimate of drug-likeness (QED) is 0.471. The summed E-state index contributed by atoms with van der Waals surface area (Å²) in [4.78, 5) is 11.3. The highest BCUT2D eigenvalue weighted by atomic mass is 35.5. The van der Waals surface area contributed by atoms with E-state index in [4.69, 9.17) is 39.5 Å². The van der Waals surface area contributed by atoms with E-state index in [9.17, 15) is 4.79 Å². The van der Waals surface area contributed by atoms with E-state index in [0.29, 0.717) is 11.4 Å². The number of carbonyl (C=O) groups is 1. The molecule has 0 amide bonds. The van der Waals surface area contributed by atoms with Gasteiger partial charge in [-0.1, -0.05) is 30.1 Å². The lowest BCUT2D eigenvalue weighted by atomic mass is 10.3. The Morgan fingerprint density at radius 2 is 2.13 bits per heavy atom. The van der Waals surface area contributed by atoms with Gasteiger partial charge in [-0.15, -0.1) is 11.6 Å². The van der Waals surface area contributed by atoms with Crippen molar-refractivity contribution in [3.8, 4) is 5.75 Å². The number of hydrogen-bond acceptors (Lipinski definition) is 2. The fourth-order valence-corrected chi connectivity index (χ4v) is 1.39. The van der Waals surface area contributed by atoms with E-state index in [1.54, 1.807) is 13.0 Å². The van der Waals surface area contributed by atoms with Gasteiger partial charge < -0.3 is 4.74 Å². The molecule has 0 aliphatic rings. The summed E-state index contributed by atoms with van der Waals surface area (Å²) >= 11 is 17.2. The van der Waals surface area contributed by atoms with Gasteiger partial charge in [-0.05, 0) is 24.6 Å². The van der Waals surface area contributed by atoms with Gasteiger partial charge in [0.15, 0.2) is 0 Å². The lowest BCUT2D eigenvalue weighted by Crippen LogP contribution is -2.20. The van der Waals surface area contributed by atoms with Gasteiger partial charge in [0.05, 0.1) is 5.02 Å². The van der Waals surface area contributed by atoms with Crippen LogP contribution in [0.4, 0.5) is 0 Å². The third-order valence-corrected chi connectivity index (χ3v) is 2.74. The third-order valence-electron chi connectivity index (χ3n) is 1.72. The highest BCUT2D eigenvalue weighted by molar-refractivity contribution is 6.35. The van der Waals surface area contributed by atoms with E-state index in [-0.39, 0.29) is 10.8 Å². The number of rotatable bonds is 3. The van der Waals surface area contributed by atoms with Crippen LogP contribution in [0.2, 0.25) is 10.0 Å². The van der Waals surface area contributed by atoms with Crippen molar-refractivity contribution in [3.63, 3.8) is 0 Å². The topological polar surface area (TPSA) is 26.3 Å². The maximum atomic E-state index is 11.3. The van der Waals surface area contributed by atoms with Crippen LogP contribution in [0.25, 0.3) is 0 Å². The summed E-state index contributed by atoms with van der Waals surface area (Å²) < 4.78 is 4.99. The minimum atomic E-state index is -0.656. The van der Waals surface area contributed by atoms with Gasteiger partial charge in [-0.25, -0.2) is 0 Å². The van der Waals surface area contributed by atoms with Crippen LogP contribution >= 0.6 is 34.8 Å². The molecule has 0 aromatic heterocycles. The average Bonchev–Trinajstić information content (AvgIpc) is 2.20. The molecule has 82 valence electrons. The molecule has 0 aliphatic carbocycles. The Balaban J connectivity index is 2.77. The van der Waals surface area contributed by atoms with Gasteiger partial charge in [0.25, 0.3) is 0 Å². The van der Waals surface area contributed by atoms with Crippen LogP contribution in [0.1, 0.15) is 13.3 Å². The SMILES string of the molecule is CCC(Cl)C(=O)Oc1ccc(Cl)cc1Cl. The van der Waals surface area contributed by atoms with E-state index >= 15 is 0 Å². The zero-order chi connectivity index (χ0) is 11.4. The van der Waals surface area contributed by atoms with Gasteiger partial charge in [0.1, 0.15) is 11.1 Å². The van der Waals surface area contributed by atoms with Gasteiger partial charge in [0, 0.05) is 5.02 Å². The molecule has 15 heavy (non-hydrogen) atoms. The molecule has 0 heterocycles. The van der Waals surface area contributed by atoms with Gasteiger partial charge in [-0.2, -0.15) is 0 Å². The summed E-state index contributed by atoms with van der Waals surface area (Å²) in [5.41, 5.74) is 0. The highest BCUT2D eigenvalue weighted by Crippen LogP contribution is 2.28. The molecular formula is C10H9Cl3O2. The smallest absolute Gasteiger partial charge is 0.329 e. The standard InChI is InChI=1S/C10H9Cl3O2/c1-2-7(12)10(14)15-9-4-3-6(11)5-8(9)13/h3-5,7H,2H2,1H3. The second-order valence-corrected chi connectivity index (χ2v) is 4.24. The van der Waals surface area contributed by atoms with Crippen LogP contribution in [-0.2, 0) is 4.79 Å². The predicted octanol–water partition coefficient (Wildman–Crippen LogP) is 3.92. The van der Waals surface area contributed by atoms with Crippen molar-refractivity contribution < 1.29 is 9.53 Å². The molecule has 0 saturated carbocycles. The second kappa shape index (κ2) is 5.59. The highest BCUT2D eigenvalue weighted by Gasteiger charge is 2.16. The lowest BCUT2D eigenvalue weighted by molar-refractivity contribution is -0.134.